The van der Waals surface area contributed by atoms with Crippen molar-refractivity contribution >= 4 is 17.3 Å². The van der Waals surface area contributed by atoms with Crippen LogP contribution in [-0.2, 0) is 4.79 Å². The van der Waals surface area contributed by atoms with Gasteiger partial charge in [0.2, 0.25) is 0 Å². The topological polar surface area (TPSA) is 83.7 Å². The number of rotatable bonds is 5. The van der Waals surface area contributed by atoms with Gasteiger partial charge in [0, 0.05) is 13.1 Å². The van der Waals surface area contributed by atoms with Gasteiger partial charge in [0.15, 0.2) is 0 Å². The highest BCUT2D eigenvalue weighted by molar-refractivity contribution is 5.80. The third-order valence-electron chi connectivity index (χ3n) is 2.91. The quantitative estimate of drug-likeness (QED) is 0.641. The molecule has 1 N–H and O–H groups in total. The number of para-hydroxylation sites is 1. The monoisotopic (exact) mass is 252 g/mol. The molecule has 0 aliphatic rings. The second-order valence-electron chi connectivity index (χ2n) is 4.07. The Morgan fingerprint density at radius 2 is 2.17 bits per heavy atom. The zero-order valence-corrected chi connectivity index (χ0v) is 10.6. The Morgan fingerprint density at radius 1 is 1.56 bits per heavy atom. The van der Waals surface area contributed by atoms with Crippen LogP contribution >= 0.6 is 0 Å². The molecule has 1 atom stereocenters. The summed E-state index contributed by atoms with van der Waals surface area (Å²) < 4.78 is 0. The number of nitro benzene ring substituents is 1. The summed E-state index contributed by atoms with van der Waals surface area (Å²) in [6.07, 6.45) is 0.372. The Hall–Kier alpha value is -2.11. The van der Waals surface area contributed by atoms with Gasteiger partial charge in [0.25, 0.3) is 5.69 Å². The van der Waals surface area contributed by atoms with E-state index in [2.05, 4.69) is 0 Å². The van der Waals surface area contributed by atoms with E-state index in [9.17, 15) is 14.9 Å². The lowest BCUT2D eigenvalue weighted by Gasteiger charge is -2.26. The van der Waals surface area contributed by atoms with E-state index in [1.807, 2.05) is 0 Å². The van der Waals surface area contributed by atoms with Gasteiger partial charge in [-0.15, -0.1) is 0 Å². The zero-order chi connectivity index (χ0) is 13.9. The second-order valence-corrected chi connectivity index (χ2v) is 4.07. The van der Waals surface area contributed by atoms with Gasteiger partial charge < -0.3 is 10.0 Å². The fourth-order valence-corrected chi connectivity index (χ4v) is 2.02. The smallest absolute Gasteiger partial charge is 0.326 e. The van der Waals surface area contributed by atoms with Crippen LogP contribution in [0.5, 0.6) is 0 Å². The summed E-state index contributed by atoms with van der Waals surface area (Å²) in [6, 6.07) is 3.93. The molecule has 1 rings (SSSR count). The molecule has 0 spiro atoms. The van der Waals surface area contributed by atoms with Gasteiger partial charge in [-0.2, -0.15) is 0 Å². The van der Waals surface area contributed by atoms with E-state index >= 15 is 0 Å². The highest BCUT2D eigenvalue weighted by Crippen LogP contribution is 2.32. The number of carboxylic acids is 1. The van der Waals surface area contributed by atoms with Crippen molar-refractivity contribution in [3.8, 4) is 0 Å². The van der Waals surface area contributed by atoms with Crippen LogP contribution < -0.4 is 4.90 Å². The van der Waals surface area contributed by atoms with Crippen LogP contribution in [0.15, 0.2) is 18.2 Å². The van der Waals surface area contributed by atoms with E-state index in [-0.39, 0.29) is 5.69 Å². The summed E-state index contributed by atoms with van der Waals surface area (Å²) in [5, 5.41) is 20.1. The van der Waals surface area contributed by atoms with Crippen LogP contribution in [0.3, 0.4) is 0 Å². The van der Waals surface area contributed by atoms with E-state index in [1.165, 1.54) is 11.0 Å². The molecule has 6 heteroatoms. The number of aryl methyl sites for hydroxylation is 1. The van der Waals surface area contributed by atoms with Gasteiger partial charge in [0.05, 0.1) is 4.92 Å². The maximum atomic E-state index is 11.1. The molecule has 0 aliphatic heterocycles. The van der Waals surface area contributed by atoms with Crippen molar-refractivity contribution in [3.05, 3.63) is 33.9 Å². The predicted octanol–water partition coefficient (Wildman–Crippen LogP) is 2.20. The average molecular weight is 252 g/mol. The molecule has 0 aliphatic carbocycles. The molecule has 1 aromatic rings. The number of aliphatic carboxylic acids is 1. The second kappa shape index (κ2) is 5.48. The van der Waals surface area contributed by atoms with E-state index in [0.717, 1.165) is 0 Å². The molecule has 0 aromatic heterocycles. The van der Waals surface area contributed by atoms with Crippen LogP contribution in [0.4, 0.5) is 11.4 Å². The number of nitrogens with zero attached hydrogens (tertiary/aromatic N) is 2. The first-order valence-corrected chi connectivity index (χ1v) is 5.59. The SMILES string of the molecule is CCC(C(=O)O)N(C)c1c(C)cccc1[N+](=O)[O-]. The summed E-state index contributed by atoms with van der Waals surface area (Å²) in [6.45, 7) is 3.47. The largest absolute Gasteiger partial charge is 0.480 e. The van der Waals surface area contributed by atoms with E-state index in [4.69, 9.17) is 5.11 Å². The molecule has 6 nitrogen and oxygen atoms in total. The maximum absolute atomic E-state index is 11.1. The van der Waals surface area contributed by atoms with Gasteiger partial charge in [-0.05, 0) is 18.9 Å². The minimum atomic E-state index is -0.988. The minimum Gasteiger partial charge on any atom is -0.480 e. The van der Waals surface area contributed by atoms with Crippen molar-refractivity contribution in [1.82, 2.24) is 0 Å². The third kappa shape index (κ3) is 2.58. The van der Waals surface area contributed by atoms with Crippen molar-refractivity contribution in [2.24, 2.45) is 0 Å². The Balaban J connectivity index is 3.31. The van der Waals surface area contributed by atoms with Crippen molar-refractivity contribution in [2.45, 2.75) is 26.3 Å². The van der Waals surface area contributed by atoms with E-state index in [1.54, 1.807) is 33.0 Å². The fraction of sp³-hybridized carbons (Fsp3) is 0.417. The number of hydrogen-bond donors (Lipinski definition) is 1. The number of likely N-dealkylation sites (N-methyl/N-ethyl adjacent to an activating group) is 1. The molecular formula is C12H16N2O4. The van der Waals surface area contributed by atoms with E-state index in [0.29, 0.717) is 17.7 Å². The average Bonchev–Trinajstić information content (AvgIpc) is 2.28. The lowest BCUT2D eigenvalue weighted by atomic mass is 10.1. The first kappa shape index (κ1) is 14.0. The molecule has 0 fully saturated rings. The lowest BCUT2D eigenvalue weighted by Crippen LogP contribution is -2.38. The first-order chi connectivity index (χ1) is 8.40. The van der Waals surface area contributed by atoms with Crippen molar-refractivity contribution < 1.29 is 14.8 Å². The van der Waals surface area contributed by atoms with Crippen molar-refractivity contribution in [3.63, 3.8) is 0 Å². The van der Waals surface area contributed by atoms with Gasteiger partial charge in [-0.1, -0.05) is 19.1 Å². The molecular weight excluding hydrogens is 236 g/mol. The van der Waals surface area contributed by atoms with E-state index < -0.39 is 16.9 Å². The van der Waals surface area contributed by atoms with Crippen LogP contribution in [0.25, 0.3) is 0 Å². The fourth-order valence-electron chi connectivity index (χ4n) is 2.02. The summed E-state index contributed by atoms with van der Waals surface area (Å²) in [4.78, 5) is 23.1. The minimum absolute atomic E-state index is 0.0720. The number of hydrogen-bond acceptors (Lipinski definition) is 4. The highest BCUT2D eigenvalue weighted by atomic mass is 16.6. The van der Waals surface area contributed by atoms with Crippen LogP contribution in [0, 0.1) is 17.0 Å². The maximum Gasteiger partial charge on any atom is 0.326 e. The number of anilines is 1. The summed E-state index contributed by atoms with van der Waals surface area (Å²) in [5.41, 5.74) is 0.973. The van der Waals surface area contributed by atoms with Crippen molar-refractivity contribution in [2.75, 3.05) is 11.9 Å². The molecule has 1 aromatic carbocycles. The summed E-state index contributed by atoms with van der Waals surface area (Å²) in [7, 11) is 1.57. The first-order valence-electron chi connectivity index (χ1n) is 5.59. The zero-order valence-electron chi connectivity index (χ0n) is 10.6. The Morgan fingerprint density at radius 3 is 2.61 bits per heavy atom. The van der Waals surface area contributed by atoms with Gasteiger partial charge in [-0.3, -0.25) is 10.1 Å². The van der Waals surface area contributed by atoms with Gasteiger partial charge in [0.1, 0.15) is 11.7 Å². The third-order valence-corrected chi connectivity index (χ3v) is 2.91. The highest BCUT2D eigenvalue weighted by Gasteiger charge is 2.27. The summed E-state index contributed by atoms with van der Waals surface area (Å²) in [5.74, 6) is -0.988. The molecule has 0 radical (unpaired) electrons. The number of nitro groups is 1. The summed E-state index contributed by atoms with van der Waals surface area (Å²) >= 11 is 0. The molecule has 0 bridgehead atoms. The Bertz CT molecular complexity index is 473. The predicted molar refractivity (Wildman–Crippen MR) is 68.0 cm³/mol. The van der Waals surface area contributed by atoms with Crippen LogP contribution in [0.2, 0.25) is 0 Å². The number of benzene rings is 1. The van der Waals surface area contributed by atoms with Gasteiger partial charge in [-0.25, -0.2) is 4.79 Å². The van der Waals surface area contributed by atoms with Crippen molar-refractivity contribution in [1.29, 1.82) is 0 Å². The molecule has 18 heavy (non-hydrogen) atoms. The lowest BCUT2D eigenvalue weighted by molar-refractivity contribution is -0.384. The Kier molecular flexibility index (Phi) is 4.25. The van der Waals surface area contributed by atoms with Crippen LogP contribution in [0.1, 0.15) is 18.9 Å². The van der Waals surface area contributed by atoms with Crippen LogP contribution in [-0.4, -0.2) is 29.1 Å². The number of carbonyl (C=O) groups is 1. The molecule has 1 unspecified atom stereocenters. The molecule has 0 heterocycles. The standard InChI is InChI=1S/C12H16N2O4/c1-4-9(12(15)16)13(3)11-8(2)6-5-7-10(11)14(17)18/h5-7,9H,4H2,1-3H3,(H,15,16). The molecule has 0 amide bonds. The molecule has 98 valence electrons. The molecule has 0 saturated heterocycles. The normalized spacial score (nSPS) is 11.9. The number of carboxylic acid groups (broad SMARTS) is 1. The van der Waals surface area contributed by atoms with Gasteiger partial charge >= 0.3 is 5.97 Å². The molecule has 0 saturated carbocycles. The Labute approximate surface area is 105 Å².